The molecule has 0 aromatic heterocycles. The van der Waals surface area contributed by atoms with Crippen LogP contribution in [0.5, 0.6) is 0 Å². The van der Waals surface area contributed by atoms with Crippen molar-refractivity contribution in [2.45, 2.75) is 71.6 Å². The number of hydrogen-bond donors (Lipinski definition) is 2. The van der Waals surface area contributed by atoms with E-state index in [1.807, 2.05) is 39.8 Å². The van der Waals surface area contributed by atoms with Crippen LogP contribution in [0.3, 0.4) is 0 Å². The fraction of sp³-hybridized carbons (Fsp3) is 0.619. The van der Waals surface area contributed by atoms with Gasteiger partial charge in [-0.15, -0.1) is 0 Å². The molecule has 5 nitrogen and oxygen atoms in total. The van der Waals surface area contributed by atoms with Crippen LogP contribution in [0.1, 0.15) is 62.4 Å². The van der Waals surface area contributed by atoms with E-state index in [-0.39, 0.29) is 23.8 Å². The fourth-order valence-electron chi connectivity index (χ4n) is 3.18. The maximum atomic E-state index is 12.7. The molecule has 2 amide bonds. The third-order valence-corrected chi connectivity index (χ3v) is 4.88. The van der Waals surface area contributed by atoms with Crippen molar-refractivity contribution in [2.75, 3.05) is 6.61 Å². The summed E-state index contributed by atoms with van der Waals surface area (Å²) in [5.41, 5.74) is 1.67. The Balaban J connectivity index is 1.87. The monoisotopic (exact) mass is 360 g/mol. The molecule has 0 bridgehead atoms. The van der Waals surface area contributed by atoms with Crippen LogP contribution in [-0.4, -0.2) is 36.6 Å². The van der Waals surface area contributed by atoms with E-state index in [1.165, 1.54) is 0 Å². The predicted octanol–water partition coefficient (Wildman–Crippen LogP) is 3.21. The Hall–Kier alpha value is -1.88. The van der Waals surface area contributed by atoms with Crippen molar-refractivity contribution in [3.63, 3.8) is 0 Å². The molecule has 1 fully saturated rings. The molecule has 1 saturated heterocycles. The normalized spacial score (nSPS) is 19.2. The summed E-state index contributed by atoms with van der Waals surface area (Å²) in [4.78, 5) is 25.1. The molecule has 1 aromatic carbocycles. The Morgan fingerprint density at radius 2 is 1.85 bits per heavy atom. The Kier molecular flexibility index (Phi) is 7.64. The summed E-state index contributed by atoms with van der Waals surface area (Å²) in [5.74, 6) is -0.332. The van der Waals surface area contributed by atoms with Crippen molar-refractivity contribution < 1.29 is 14.3 Å². The van der Waals surface area contributed by atoms with Crippen molar-refractivity contribution in [2.24, 2.45) is 5.92 Å². The van der Waals surface area contributed by atoms with Crippen molar-refractivity contribution in [1.29, 1.82) is 0 Å². The summed E-state index contributed by atoms with van der Waals surface area (Å²) in [6, 6.07) is 6.87. The largest absolute Gasteiger partial charge is 0.378 e. The van der Waals surface area contributed by atoms with Gasteiger partial charge in [-0.05, 0) is 57.6 Å². The molecule has 0 radical (unpaired) electrons. The highest BCUT2D eigenvalue weighted by Crippen LogP contribution is 2.17. The predicted molar refractivity (Wildman–Crippen MR) is 103 cm³/mol. The highest BCUT2D eigenvalue weighted by molar-refractivity contribution is 5.97. The highest BCUT2D eigenvalue weighted by Gasteiger charge is 2.26. The average molecular weight is 360 g/mol. The molecule has 2 N–H and O–H groups in total. The van der Waals surface area contributed by atoms with Gasteiger partial charge >= 0.3 is 0 Å². The molecule has 0 unspecified atom stereocenters. The van der Waals surface area contributed by atoms with Crippen LogP contribution >= 0.6 is 0 Å². The zero-order valence-corrected chi connectivity index (χ0v) is 16.4. The van der Waals surface area contributed by atoms with E-state index in [0.29, 0.717) is 11.7 Å². The van der Waals surface area contributed by atoms with Crippen molar-refractivity contribution in [3.05, 3.63) is 35.4 Å². The lowest BCUT2D eigenvalue weighted by atomic mass is 10.0. The number of amides is 2. The van der Waals surface area contributed by atoms with Crippen molar-refractivity contribution in [3.8, 4) is 0 Å². The van der Waals surface area contributed by atoms with Crippen molar-refractivity contribution >= 4 is 11.8 Å². The summed E-state index contributed by atoms with van der Waals surface area (Å²) < 4.78 is 5.63. The first-order valence-electron chi connectivity index (χ1n) is 9.66. The average Bonchev–Trinajstić information content (AvgIpc) is 3.11. The molecule has 0 aliphatic carbocycles. The standard InChI is InChI=1S/C21H32N2O3/c1-14(2)19(23-20(24)17-10-7-15(3)8-11-17)21(25)22-16(4)9-12-18-6-5-13-26-18/h7-8,10-11,14,16,18-19H,5-6,9,12-13H2,1-4H3,(H,22,25)(H,23,24)/t16-,18+,19-/m0/s1. The number of benzene rings is 1. The second kappa shape index (κ2) is 9.72. The maximum absolute atomic E-state index is 12.7. The summed E-state index contributed by atoms with van der Waals surface area (Å²) in [6.45, 7) is 8.72. The lowest BCUT2D eigenvalue weighted by Crippen LogP contribution is -2.51. The molecular formula is C21H32N2O3. The molecule has 26 heavy (non-hydrogen) atoms. The number of rotatable bonds is 8. The van der Waals surface area contributed by atoms with Gasteiger partial charge in [-0.2, -0.15) is 0 Å². The van der Waals surface area contributed by atoms with E-state index >= 15 is 0 Å². The lowest BCUT2D eigenvalue weighted by molar-refractivity contribution is -0.124. The van der Waals surface area contributed by atoms with Gasteiger partial charge in [0, 0.05) is 18.2 Å². The molecule has 0 saturated carbocycles. The van der Waals surface area contributed by atoms with Crippen molar-refractivity contribution in [1.82, 2.24) is 10.6 Å². The number of carbonyl (C=O) groups excluding carboxylic acids is 2. The summed E-state index contributed by atoms with van der Waals surface area (Å²) in [5, 5.41) is 5.92. The van der Waals surface area contributed by atoms with Crippen LogP contribution in [0.2, 0.25) is 0 Å². The van der Waals surface area contributed by atoms with Crippen LogP contribution in [0.4, 0.5) is 0 Å². The van der Waals surface area contributed by atoms with E-state index in [9.17, 15) is 9.59 Å². The Morgan fingerprint density at radius 3 is 2.42 bits per heavy atom. The number of carbonyl (C=O) groups is 2. The zero-order valence-electron chi connectivity index (χ0n) is 16.4. The van der Waals surface area contributed by atoms with Crippen LogP contribution in [0.15, 0.2) is 24.3 Å². The molecule has 5 heteroatoms. The second-order valence-corrected chi connectivity index (χ2v) is 7.68. The minimum Gasteiger partial charge on any atom is -0.378 e. The quantitative estimate of drug-likeness (QED) is 0.748. The third-order valence-electron chi connectivity index (χ3n) is 4.88. The van der Waals surface area contributed by atoms with E-state index < -0.39 is 6.04 Å². The topological polar surface area (TPSA) is 67.4 Å². The van der Waals surface area contributed by atoms with Gasteiger partial charge in [0.2, 0.25) is 5.91 Å². The van der Waals surface area contributed by atoms with E-state index in [4.69, 9.17) is 4.74 Å². The maximum Gasteiger partial charge on any atom is 0.251 e. The number of nitrogens with one attached hydrogen (secondary N) is 2. The van der Waals surface area contributed by atoms with Gasteiger partial charge in [-0.3, -0.25) is 9.59 Å². The van der Waals surface area contributed by atoms with Crippen LogP contribution in [0, 0.1) is 12.8 Å². The fourth-order valence-corrected chi connectivity index (χ4v) is 3.18. The molecule has 1 aliphatic heterocycles. The summed E-state index contributed by atoms with van der Waals surface area (Å²) in [7, 11) is 0. The first-order chi connectivity index (χ1) is 12.4. The van der Waals surface area contributed by atoms with Crippen LogP contribution in [-0.2, 0) is 9.53 Å². The van der Waals surface area contributed by atoms with Gasteiger partial charge in [0.1, 0.15) is 6.04 Å². The van der Waals surface area contributed by atoms with E-state index in [0.717, 1.165) is 37.9 Å². The first-order valence-corrected chi connectivity index (χ1v) is 9.66. The highest BCUT2D eigenvalue weighted by atomic mass is 16.5. The molecule has 2 rings (SSSR count). The Labute approximate surface area is 156 Å². The number of hydrogen-bond acceptors (Lipinski definition) is 3. The van der Waals surface area contributed by atoms with Gasteiger partial charge in [-0.25, -0.2) is 0 Å². The molecule has 1 aliphatic rings. The Morgan fingerprint density at radius 1 is 1.15 bits per heavy atom. The van der Waals surface area contributed by atoms with E-state index in [2.05, 4.69) is 10.6 Å². The SMILES string of the molecule is Cc1ccc(C(=O)N[C@H](C(=O)N[C@@H](C)CC[C@H]2CCCO2)C(C)C)cc1. The molecule has 144 valence electrons. The Bertz CT molecular complexity index is 592. The van der Waals surface area contributed by atoms with Gasteiger partial charge in [-0.1, -0.05) is 31.5 Å². The van der Waals surface area contributed by atoms with Gasteiger partial charge < -0.3 is 15.4 Å². The molecule has 3 atom stereocenters. The minimum atomic E-state index is -0.547. The first kappa shape index (κ1) is 20.4. The minimum absolute atomic E-state index is 0.00904. The molecule has 1 heterocycles. The van der Waals surface area contributed by atoms with Crippen LogP contribution < -0.4 is 10.6 Å². The third kappa shape index (κ3) is 6.13. The van der Waals surface area contributed by atoms with Gasteiger partial charge in [0.05, 0.1) is 6.10 Å². The molecular weight excluding hydrogens is 328 g/mol. The number of ether oxygens (including phenoxy) is 1. The molecule has 0 spiro atoms. The lowest BCUT2D eigenvalue weighted by Gasteiger charge is -2.24. The second-order valence-electron chi connectivity index (χ2n) is 7.68. The van der Waals surface area contributed by atoms with Gasteiger partial charge in [0.15, 0.2) is 0 Å². The van der Waals surface area contributed by atoms with Crippen LogP contribution in [0.25, 0.3) is 0 Å². The zero-order chi connectivity index (χ0) is 19.1. The van der Waals surface area contributed by atoms with E-state index in [1.54, 1.807) is 12.1 Å². The van der Waals surface area contributed by atoms with Gasteiger partial charge in [0.25, 0.3) is 5.91 Å². The smallest absolute Gasteiger partial charge is 0.251 e. The number of aryl methyl sites for hydroxylation is 1. The molecule has 1 aromatic rings. The summed E-state index contributed by atoms with van der Waals surface area (Å²) in [6.07, 6.45) is 4.42. The summed E-state index contributed by atoms with van der Waals surface area (Å²) >= 11 is 0.